The molecule has 21 heavy (non-hydrogen) atoms. The van der Waals surface area contributed by atoms with Crippen LogP contribution in [0.1, 0.15) is 18.9 Å². The van der Waals surface area contributed by atoms with Crippen LogP contribution in [0.5, 0.6) is 0 Å². The number of rotatable bonds is 6. The van der Waals surface area contributed by atoms with Crippen LogP contribution in [0.25, 0.3) is 0 Å². The van der Waals surface area contributed by atoms with Gasteiger partial charge >= 0.3 is 5.97 Å². The van der Waals surface area contributed by atoms with Crippen molar-refractivity contribution in [3.8, 4) is 11.8 Å². The summed E-state index contributed by atoms with van der Waals surface area (Å²) in [6.45, 7) is 1.36. The number of carboxylic acid groups (broad SMARTS) is 1. The first kappa shape index (κ1) is 16.7. The molecule has 112 valence electrons. The van der Waals surface area contributed by atoms with Crippen LogP contribution in [-0.2, 0) is 9.59 Å². The molecule has 1 aromatic carbocycles. The summed E-state index contributed by atoms with van der Waals surface area (Å²) < 4.78 is 0. The summed E-state index contributed by atoms with van der Waals surface area (Å²) in [5.41, 5.74) is 4.28. The third kappa shape index (κ3) is 6.56. The topological polar surface area (TPSA) is 113 Å². The molecule has 6 heteroatoms. The molecule has 0 saturated carbocycles. The standard InChI is InChI=1S/C15H18N2O4/c1-15(21,8-7-11-5-3-2-4-6-11)10-17-12(14(19)20)9-13(16)18/h2-6,12,17,21H,9-10H2,1H3,(H2,16,18)(H,19,20)/t12-,15+/m0/s1. The highest BCUT2D eigenvalue weighted by Crippen LogP contribution is 2.03. The maximum absolute atomic E-state index is 10.9. The Kier molecular flexibility index (Phi) is 5.91. The van der Waals surface area contributed by atoms with Crippen LogP contribution in [0.15, 0.2) is 30.3 Å². The van der Waals surface area contributed by atoms with E-state index in [9.17, 15) is 14.7 Å². The number of nitrogens with two attached hydrogens (primary N) is 1. The number of primary amides is 1. The molecule has 0 unspecified atom stereocenters. The lowest BCUT2D eigenvalue weighted by atomic mass is 10.1. The average molecular weight is 290 g/mol. The van der Waals surface area contributed by atoms with Crippen molar-refractivity contribution >= 4 is 11.9 Å². The van der Waals surface area contributed by atoms with E-state index in [0.29, 0.717) is 0 Å². The molecule has 0 aliphatic carbocycles. The van der Waals surface area contributed by atoms with Crippen LogP contribution < -0.4 is 11.1 Å². The number of aliphatic hydroxyl groups is 1. The Balaban J connectivity index is 2.65. The Bertz CT molecular complexity index is 558. The van der Waals surface area contributed by atoms with Gasteiger partial charge in [-0.2, -0.15) is 0 Å². The molecule has 1 amide bonds. The van der Waals surface area contributed by atoms with Crippen LogP contribution in [0.3, 0.4) is 0 Å². The molecule has 0 heterocycles. The first-order valence-corrected chi connectivity index (χ1v) is 6.35. The van der Waals surface area contributed by atoms with Gasteiger partial charge in [0.25, 0.3) is 0 Å². The quantitative estimate of drug-likeness (QED) is 0.538. The van der Waals surface area contributed by atoms with Crippen LogP contribution in [-0.4, -0.2) is 40.3 Å². The molecule has 1 aromatic rings. The Labute approximate surface area is 123 Å². The zero-order valence-corrected chi connectivity index (χ0v) is 11.7. The highest BCUT2D eigenvalue weighted by molar-refractivity contribution is 5.83. The van der Waals surface area contributed by atoms with Crippen molar-refractivity contribution in [3.05, 3.63) is 35.9 Å². The molecule has 0 fully saturated rings. The van der Waals surface area contributed by atoms with Crippen LogP contribution in [0.4, 0.5) is 0 Å². The van der Waals surface area contributed by atoms with Crippen LogP contribution >= 0.6 is 0 Å². The lowest BCUT2D eigenvalue weighted by Gasteiger charge is -2.20. The molecule has 0 aliphatic rings. The number of carbonyl (C=O) groups is 2. The van der Waals surface area contributed by atoms with Crippen LogP contribution in [0, 0.1) is 11.8 Å². The second-order valence-electron chi connectivity index (χ2n) is 4.83. The van der Waals surface area contributed by atoms with Gasteiger partial charge in [-0.1, -0.05) is 30.0 Å². The van der Waals surface area contributed by atoms with Crippen molar-refractivity contribution in [2.45, 2.75) is 25.0 Å². The third-order valence-corrected chi connectivity index (χ3v) is 2.65. The molecular weight excluding hydrogens is 272 g/mol. The number of hydrogen-bond acceptors (Lipinski definition) is 4. The number of amides is 1. The Morgan fingerprint density at radius 3 is 2.52 bits per heavy atom. The minimum absolute atomic E-state index is 0.100. The number of carboxylic acids is 1. The number of nitrogens with one attached hydrogen (secondary N) is 1. The molecule has 5 N–H and O–H groups in total. The first-order valence-electron chi connectivity index (χ1n) is 6.35. The zero-order chi connectivity index (χ0) is 15.9. The molecule has 0 aromatic heterocycles. The normalized spacial score (nSPS) is 14.4. The Morgan fingerprint density at radius 1 is 1.38 bits per heavy atom. The number of carbonyl (C=O) groups excluding carboxylic acids is 1. The number of benzene rings is 1. The molecule has 2 atom stereocenters. The van der Waals surface area contributed by atoms with E-state index in [-0.39, 0.29) is 13.0 Å². The van der Waals surface area contributed by atoms with Crippen molar-refractivity contribution in [3.63, 3.8) is 0 Å². The molecule has 1 rings (SSSR count). The van der Waals surface area contributed by atoms with E-state index >= 15 is 0 Å². The maximum atomic E-state index is 10.9. The molecule has 0 bridgehead atoms. The van der Waals surface area contributed by atoms with Gasteiger partial charge in [0.05, 0.1) is 6.42 Å². The first-order chi connectivity index (χ1) is 9.80. The molecule has 0 aliphatic heterocycles. The van der Waals surface area contributed by atoms with E-state index in [1.54, 1.807) is 12.1 Å². The summed E-state index contributed by atoms with van der Waals surface area (Å²) in [6.07, 6.45) is -0.350. The second-order valence-corrected chi connectivity index (χ2v) is 4.83. The number of aliphatic carboxylic acids is 1. The predicted octanol–water partition coefficient (Wildman–Crippen LogP) is -0.293. The van der Waals surface area contributed by atoms with E-state index < -0.39 is 23.5 Å². The van der Waals surface area contributed by atoms with E-state index in [2.05, 4.69) is 17.2 Å². The summed E-state index contributed by atoms with van der Waals surface area (Å²) in [4.78, 5) is 21.7. The van der Waals surface area contributed by atoms with Crippen LogP contribution in [0.2, 0.25) is 0 Å². The lowest BCUT2D eigenvalue weighted by Crippen LogP contribution is -2.46. The van der Waals surface area contributed by atoms with Gasteiger partial charge in [0.1, 0.15) is 11.6 Å². The summed E-state index contributed by atoms with van der Waals surface area (Å²) in [5, 5.41) is 21.6. The maximum Gasteiger partial charge on any atom is 0.321 e. The summed E-state index contributed by atoms with van der Waals surface area (Å²) in [6, 6.07) is 7.95. The third-order valence-electron chi connectivity index (χ3n) is 2.65. The molecule has 0 saturated heterocycles. The van der Waals surface area contributed by atoms with Crippen molar-refractivity contribution < 1.29 is 19.8 Å². The zero-order valence-electron chi connectivity index (χ0n) is 11.7. The fraction of sp³-hybridized carbons (Fsp3) is 0.333. The predicted molar refractivity (Wildman–Crippen MR) is 77.2 cm³/mol. The van der Waals surface area contributed by atoms with Gasteiger partial charge in [-0.15, -0.1) is 0 Å². The van der Waals surface area contributed by atoms with E-state index in [4.69, 9.17) is 10.8 Å². The lowest BCUT2D eigenvalue weighted by molar-refractivity contribution is -0.141. The van der Waals surface area contributed by atoms with Gasteiger partial charge in [0, 0.05) is 12.1 Å². The van der Waals surface area contributed by atoms with Crippen molar-refractivity contribution in [1.82, 2.24) is 5.32 Å². The van der Waals surface area contributed by atoms with E-state index in [0.717, 1.165) is 5.56 Å². The summed E-state index contributed by atoms with van der Waals surface area (Å²) in [5.74, 6) is 3.52. The van der Waals surface area contributed by atoms with Crippen molar-refractivity contribution in [2.75, 3.05) is 6.54 Å². The molecular formula is C15H18N2O4. The van der Waals surface area contributed by atoms with Gasteiger partial charge in [0.2, 0.25) is 5.91 Å². The monoisotopic (exact) mass is 290 g/mol. The van der Waals surface area contributed by atoms with Gasteiger partial charge in [-0.05, 0) is 19.1 Å². The van der Waals surface area contributed by atoms with Crippen molar-refractivity contribution in [2.24, 2.45) is 5.73 Å². The SMILES string of the molecule is C[C@@](O)(C#Cc1ccccc1)CN[C@@H](CC(N)=O)C(=O)O. The van der Waals surface area contributed by atoms with Crippen molar-refractivity contribution in [1.29, 1.82) is 0 Å². The van der Waals surface area contributed by atoms with Gasteiger partial charge in [-0.25, -0.2) is 0 Å². The molecule has 6 nitrogen and oxygen atoms in total. The minimum atomic E-state index is -1.43. The van der Waals surface area contributed by atoms with Gasteiger partial charge < -0.3 is 21.3 Å². The van der Waals surface area contributed by atoms with Gasteiger partial charge in [-0.3, -0.25) is 9.59 Å². The highest BCUT2D eigenvalue weighted by Gasteiger charge is 2.24. The molecule has 0 spiro atoms. The molecule has 0 radical (unpaired) electrons. The van der Waals surface area contributed by atoms with E-state index in [1.165, 1.54) is 6.92 Å². The van der Waals surface area contributed by atoms with Gasteiger partial charge in [0.15, 0.2) is 0 Å². The smallest absolute Gasteiger partial charge is 0.321 e. The minimum Gasteiger partial charge on any atom is -0.480 e. The van der Waals surface area contributed by atoms with E-state index in [1.807, 2.05) is 18.2 Å². The highest BCUT2D eigenvalue weighted by atomic mass is 16.4. The fourth-order valence-corrected chi connectivity index (χ4v) is 1.54. The largest absolute Gasteiger partial charge is 0.480 e. The summed E-state index contributed by atoms with van der Waals surface area (Å²) in [7, 11) is 0. The Morgan fingerprint density at radius 2 is 2.00 bits per heavy atom. The summed E-state index contributed by atoms with van der Waals surface area (Å²) >= 11 is 0. The number of hydrogen-bond donors (Lipinski definition) is 4. The fourth-order valence-electron chi connectivity index (χ4n) is 1.54. The Hall–Kier alpha value is -2.36. The second kappa shape index (κ2) is 7.43. The average Bonchev–Trinajstić information content (AvgIpc) is 2.42.